The van der Waals surface area contributed by atoms with Gasteiger partial charge < -0.3 is 19.5 Å². The van der Waals surface area contributed by atoms with E-state index in [1.54, 1.807) is 14.2 Å². The Morgan fingerprint density at radius 3 is 2.26 bits per heavy atom. The maximum Gasteiger partial charge on any atom is 0.159 e. The van der Waals surface area contributed by atoms with Crippen LogP contribution in [0.2, 0.25) is 0 Å². The fourth-order valence-electron chi connectivity index (χ4n) is 6.44. The van der Waals surface area contributed by atoms with Gasteiger partial charge in [-0.15, -0.1) is 0 Å². The van der Waals surface area contributed by atoms with Crippen LogP contribution < -0.4 is 4.90 Å². The van der Waals surface area contributed by atoms with Crippen LogP contribution in [0.1, 0.15) is 54.4 Å². The van der Waals surface area contributed by atoms with Gasteiger partial charge in [0.1, 0.15) is 5.75 Å². The quantitative estimate of drug-likeness (QED) is 0.431. The van der Waals surface area contributed by atoms with E-state index in [2.05, 4.69) is 72.5 Å². The molecule has 0 spiro atoms. The summed E-state index contributed by atoms with van der Waals surface area (Å²) in [6.07, 6.45) is 4.05. The highest BCUT2D eigenvalue weighted by Crippen LogP contribution is 2.51. The van der Waals surface area contributed by atoms with E-state index >= 15 is 0 Å². The van der Waals surface area contributed by atoms with Gasteiger partial charge in [0.25, 0.3) is 0 Å². The molecule has 0 bridgehead atoms. The lowest BCUT2D eigenvalue weighted by molar-refractivity contribution is -0.141. The molecule has 5 rings (SSSR count). The van der Waals surface area contributed by atoms with Crippen molar-refractivity contribution in [2.24, 2.45) is 5.92 Å². The van der Waals surface area contributed by atoms with Crippen molar-refractivity contribution in [2.45, 2.75) is 50.2 Å². The summed E-state index contributed by atoms with van der Waals surface area (Å²) < 4.78 is 11.0. The zero-order valence-electron chi connectivity index (χ0n) is 21.1. The van der Waals surface area contributed by atoms with Crippen molar-refractivity contribution in [3.8, 4) is 5.75 Å². The number of phenols is 1. The molecular formula is C31H37NO3. The second-order valence-electron chi connectivity index (χ2n) is 10.4. The largest absolute Gasteiger partial charge is 0.508 e. The molecule has 3 aromatic carbocycles. The van der Waals surface area contributed by atoms with Gasteiger partial charge >= 0.3 is 0 Å². The number of hydrogen-bond donors (Lipinski definition) is 1. The van der Waals surface area contributed by atoms with Crippen LogP contribution in [0.5, 0.6) is 5.75 Å². The number of piperidine rings is 1. The minimum Gasteiger partial charge on any atom is -0.508 e. The van der Waals surface area contributed by atoms with E-state index in [4.69, 9.17) is 9.47 Å². The standard InChI is InChI=1S/C31H37NO3/c1-31(25-7-5-4-6-8-25)18-15-24-21-27(33)13-14-28(24)29(31)22-9-11-26(12-10-22)32-19-16-23(17-20-32)30(34-2)35-3/h4-14,21,23,29-30,33H,15-20H2,1-3H3/t29-,31-/m0/s1. The molecule has 0 saturated carbocycles. The van der Waals surface area contributed by atoms with Crippen molar-refractivity contribution in [1.29, 1.82) is 0 Å². The fourth-order valence-corrected chi connectivity index (χ4v) is 6.44. The maximum absolute atomic E-state index is 10.1. The second kappa shape index (κ2) is 10.0. The number of fused-ring (bicyclic) bond motifs is 1. The van der Waals surface area contributed by atoms with Crippen molar-refractivity contribution in [3.63, 3.8) is 0 Å². The summed E-state index contributed by atoms with van der Waals surface area (Å²) in [5.41, 5.74) is 6.57. The molecule has 3 aromatic rings. The summed E-state index contributed by atoms with van der Waals surface area (Å²) >= 11 is 0. The van der Waals surface area contributed by atoms with Crippen molar-refractivity contribution in [1.82, 2.24) is 0 Å². The number of aromatic hydroxyl groups is 1. The average Bonchev–Trinajstić information content (AvgIpc) is 2.91. The van der Waals surface area contributed by atoms with Crippen LogP contribution in [0.4, 0.5) is 5.69 Å². The average molecular weight is 472 g/mol. The molecule has 1 aliphatic carbocycles. The number of ether oxygens (including phenoxy) is 2. The highest BCUT2D eigenvalue weighted by Gasteiger charge is 2.41. The topological polar surface area (TPSA) is 41.9 Å². The van der Waals surface area contributed by atoms with Crippen molar-refractivity contribution in [2.75, 3.05) is 32.2 Å². The molecule has 0 unspecified atom stereocenters. The molecule has 1 N–H and O–H groups in total. The lowest BCUT2D eigenvalue weighted by atomic mass is 9.59. The van der Waals surface area contributed by atoms with E-state index in [9.17, 15) is 5.11 Å². The Kier molecular flexibility index (Phi) is 6.86. The Morgan fingerprint density at radius 2 is 1.60 bits per heavy atom. The molecule has 2 aliphatic rings. The van der Waals surface area contributed by atoms with Crippen LogP contribution >= 0.6 is 0 Å². The van der Waals surface area contributed by atoms with Crippen molar-refractivity contribution >= 4 is 5.69 Å². The number of anilines is 1. The normalized spacial score (nSPS) is 22.9. The van der Waals surface area contributed by atoms with Gasteiger partial charge in [0.2, 0.25) is 0 Å². The molecular weight excluding hydrogens is 434 g/mol. The number of aryl methyl sites for hydroxylation is 1. The van der Waals surface area contributed by atoms with E-state index in [1.807, 2.05) is 12.1 Å². The summed E-state index contributed by atoms with van der Waals surface area (Å²) in [5.74, 6) is 1.04. The molecule has 1 fully saturated rings. The number of hydrogen-bond acceptors (Lipinski definition) is 4. The number of phenolic OH excluding ortho intramolecular Hbond substituents is 1. The van der Waals surface area contributed by atoms with E-state index in [-0.39, 0.29) is 17.6 Å². The van der Waals surface area contributed by atoms with Crippen LogP contribution in [0.3, 0.4) is 0 Å². The molecule has 4 heteroatoms. The number of rotatable bonds is 6. The zero-order chi connectivity index (χ0) is 24.4. The third kappa shape index (κ3) is 4.57. The first-order valence-electron chi connectivity index (χ1n) is 12.8. The van der Waals surface area contributed by atoms with Crippen LogP contribution in [0, 0.1) is 5.92 Å². The van der Waals surface area contributed by atoms with Gasteiger partial charge in [-0.25, -0.2) is 0 Å². The van der Waals surface area contributed by atoms with Crippen molar-refractivity contribution < 1.29 is 14.6 Å². The molecule has 184 valence electrons. The molecule has 2 atom stereocenters. The highest BCUT2D eigenvalue weighted by atomic mass is 16.7. The highest BCUT2D eigenvalue weighted by molar-refractivity contribution is 5.54. The molecule has 0 aromatic heterocycles. The maximum atomic E-state index is 10.1. The lowest BCUT2D eigenvalue weighted by Crippen LogP contribution is -2.39. The summed E-state index contributed by atoms with van der Waals surface area (Å²) in [7, 11) is 3.46. The third-order valence-electron chi connectivity index (χ3n) is 8.40. The summed E-state index contributed by atoms with van der Waals surface area (Å²) in [6.45, 7) is 4.44. The van der Waals surface area contributed by atoms with Crippen LogP contribution in [-0.2, 0) is 21.3 Å². The second-order valence-corrected chi connectivity index (χ2v) is 10.4. The predicted octanol–water partition coefficient (Wildman–Crippen LogP) is 6.26. The molecule has 4 nitrogen and oxygen atoms in total. The van der Waals surface area contributed by atoms with E-state index in [0.29, 0.717) is 11.7 Å². The predicted molar refractivity (Wildman–Crippen MR) is 141 cm³/mol. The molecule has 0 radical (unpaired) electrons. The van der Waals surface area contributed by atoms with E-state index in [1.165, 1.54) is 27.9 Å². The Morgan fingerprint density at radius 1 is 0.914 bits per heavy atom. The smallest absolute Gasteiger partial charge is 0.159 e. The van der Waals surface area contributed by atoms with Gasteiger partial charge in [-0.1, -0.05) is 55.5 Å². The fraction of sp³-hybridized carbons (Fsp3) is 0.419. The van der Waals surface area contributed by atoms with Gasteiger partial charge in [-0.3, -0.25) is 0 Å². The van der Waals surface area contributed by atoms with Crippen LogP contribution in [0.15, 0.2) is 72.8 Å². The molecule has 1 aliphatic heterocycles. The first kappa shape index (κ1) is 23.9. The van der Waals surface area contributed by atoms with E-state index in [0.717, 1.165) is 38.8 Å². The summed E-state index contributed by atoms with van der Waals surface area (Å²) in [4.78, 5) is 2.48. The zero-order valence-corrected chi connectivity index (χ0v) is 21.1. The number of benzene rings is 3. The van der Waals surface area contributed by atoms with E-state index < -0.39 is 0 Å². The lowest BCUT2D eigenvalue weighted by Gasteiger charge is -2.44. The SMILES string of the molecule is COC(OC)C1CCN(c2ccc([C@H]3c4ccc(O)cc4CC[C@@]3(C)c3ccccc3)cc2)CC1. The summed E-state index contributed by atoms with van der Waals surface area (Å²) in [5, 5.41) is 10.1. The van der Waals surface area contributed by atoms with Gasteiger partial charge in [-0.05, 0) is 72.2 Å². The van der Waals surface area contributed by atoms with Gasteiger partial charge in [0, 0.05) is 50.2 Å². The molecule has 1 saturated heterocycles. The number of methoxy groups -OCH3 is 2. The molecule has 1 heterocycles. The Balaban J connectivity index is 1.44. The van der Waals surface area contributed by atoms with Gasteiger partial charge in [0.15, 0.2) is 6.29 Å². The number of nitrogens with zero attached hydrogens (tertiary/aromatic N) is 1. The Bertz CT molecular complexity index is 1120. The molecule has 0 amide bonds. The van der Waals surface area contributed by atoms with Crippen LogP contribution in [-0.4, -0.2) is 38.7 Å². The molecule has 35 heavy (non-hydrogen) atoms. The van der Waals surface area contributed by atoms with Crippen molar-refractivity contribution in [3.05, 3.63) is 95.1 Å². The van der Waals surface area contributed by atoms with Gasteiger partial charge in [0.05, 0.1) is 0 Å². The third-order valence-corrected chi connectivity index (χ3v) is 8.40. The minimum absolute atomic E-state index is 0.0135. The first-order chi connectivity index (χ1) is 17.0. The first-order valence-corrected chi connectivity index (χ1v) is 12.8. The summed E-state index contributed by atoms with van der Waals surface area (Å²) in [6, 6.07) is 26.1. The Labute approximate surface area is 209 Å². The minimum atomic E-state index is -0.110. The Hall–Kier alpha value is -2.82. The van der Waals surface area contributed by atoms with Crippen LogP contribution in [0.25, 0.3) is 0 Å². The van der Waals surface area contributed by atoms with Gasteiger partial charge in [-0.2, -0.15) is 0 Å². The monoisotopic (exact) mass is 471 g/mol.